The lowest BCUT2D eigenvalue weighted by Crippen LogP contribution is -2.58. The Balaban J connectivity index is 2.75. The molecule has 0 aromatic carbocycles. The number of nitrogens with zero attached hydrogens (tertiary/aromatic N) is 1. The average molecular weight is 197 g/mol. The van der Waals surface area contributed by atoms with E-state index in [2.05, 4.69) is 46.6 Å². The van der Waals surface area contributed by atoms with Gasteiger partial charge >= 0.3 is 0 Å². The minimum Gasteiger partial charge on any atom is -0.296 e. The molecule has 0 bridgehead atoms. The molecular formula is C13H27N. The average Bonchev–Trinajstić information content (AvgIpc) is 1.99. The van der Waals surface area contributed by atoms with Gasteiger partial charge < -0.3 is 0 Å². The number of rotatable bonds is 2. The molecule has 0 unspecified atom stereocenters. The lowest BCUT2D eigenvalue weighted by molar-refractivity contribution is -0.0317. The van der Waals surface area contributed by atoms with Gasteiger partial charge in [-0.15, -0.1) is 0 Å². The Morgan fingerprint density at radius 1 is 1.07 bits per heavy atom. The second-order valence-corrected chi connectivity index (χ2v) is 6.25. The Labute approximate surface area is 89.9 Å². The molecule has 14 heavy (non-hydrogen) atoms. The maximum atomic E-state index is 2.56. The van der Waals surface area contributed by atoms with E-state index in [4.69, 9.17) is 0 Å². The Bertz CT molecular complexity index is 175. The molecule has 0 aliphatic carbocycles. The van der Waals surface area contributed by atoms with Gasteiger partial charge in [-0.2, -0.15) is 0 Å². The van der Waals surface area contributed by atoms with Crippen molar-refractivity contribution in [3.8, 4) is 0 Å². The molecule has 0 amide bonds. The summed E-state index contributed by atoms with van der Waals surface area (Å²) in [4.78, 5) is 2.56. The van der Waals surface area contributed by atoms with Crippen LogP contribution in [-0.2, 0) is 0 Å². The summed E-state index contributed by atoms with van der Waals surface area (Å²) in [6.07, 6.45) is 5.46. The SMILES string of the molecule is CCCC1CC(C)(C)N(C)C(C)(C)C1. The number of piperidine rings is 1. The maximum absolute atomic E-state index is 2.56. The molecule has 1 saturated heterocycles. The molecule has 0 aromatic heterocycles. The first-order valence-electron chi connectivity index (χ1n) is 6.03. The topological polar surface area (TPSA) is 3.24 Å². The number of likely N-dealkylation sites (tertiary alicyclic amines) is 1. The van der Waals surface area contributed by atoms with Crippen LogP contribution in [0, 0.1) is 5.92 Å². The third-order valence-electron chi connectivity index (χ3n) is 4.09. The third-order valence-corrected chi connectivity index (χ3v) is 4.09. The van der Waals surface area contributed by atoms with Gasteiger partial charge in [0.05, 0.1) is 0 Å². The summed E-state index contributed by atoms with van der Waals surface area (Å²) in [6, 6.07) is 0. The van der Waals surface area contributed by atoms with Crippen LogP contribution in [0.5, 0.6) is 0 Å². The van der Waals surface area contributed by atoms with Gasteiger partial charge in [0.2, 0.25) is 0 Å². The molecule has 1 fully saturated rings. The summed E-state index contributed by atoms with van der Waals surface area (Å²) in [5.41, 5.74) is 0.753. The van der Waals surface area contributed by atoms with E-state index in [1.165, 1.54) is 25.7 Å². The summed E-state index contributed by atoms with van der Waals surface area (Å²) in [5.74, 6) is 0.932. The van der Waals surface area contributed by atoms with Gasteiger partial charge in [0.25, 0.3) is 0 Å². The zero-order valence-corrected chi connectivity index (χ0v) is 10.9. The highest BCUT2D eigenvalue weighted by atomic mass is 15.2. The molecule has 0 saturated carbocycles. The van der Waals surface area contributed by atoms with Crippen LogP contribution in [-0.4, -0.2) is 23.0 Å². The Morgan fingerprint density at radius 3 is 1.86 bits per heavy atom. The highest BCUT2D eigenvalue weighted by Gasteiger charge is 2.42. The first-order chi connectivity index (χ1) is 6.29. The van der Waals surface area contributed by atoms with Crippen LogP contribution in [0.3, 0.4) is 0 Å². The third kappa shape index (κ3) is 2.31. The first-order valence-corrected chi connectivity index (χ1v) is 6.03. The second-order valence-electron chi connectivity index (χ2n) is 6.25. The summed E-state index contributed by atoms with van der Waals surface area (Å²) < 4.78 is 0. The van der Waals surface area contributed by atoms with Crippen LogP contribution in [0.25, 0.3) is 0 Å². The van der Waals surface area contributed by atoms with Crippen molar-refractivity contribution in [3.63, 3.8) is 0 Å². The Morgan fingerprint density at radius 2 is 1.50 bits per heavy atom. The lowest BCUT2D eigenvalue weighted by atomic mass is 9.73. The maximum Gasteiger partial charge on any atom is 0.0158 e. The summed E-state index contributed by atoms with van der Waals surface area (Å²) >= 11 is 0. The van der Waals surface area contributed by atoms with Gasteiger partial charge in [0.15, 0.2) is 0 Å². The molecule has 1 aliphatic rings. The minimum atomic E-state index is 0.377. The lowest BCUT2D eigenvalue weighted by Gasteiger charge is -2.53. The summed E-state index contributed by atoms with van der Waals surface area (Å²) in [5, 5.41) is 0. The fourth-order valence-electron chi connectivity index (χ4n) is 3.19. The molecule has 1 rings (SSSR count). The standard InChI is InChI=1S/C13H27N/c1-7-8-11-9-12(2,3)14(6)13(4,5)10-11/h11H,7-10H2,1-6H3. The van der Waals surface area contributed by atoms with E-state index in [-0.39, 0.29) is 0 Å². The molecule has 0 N–H and O–H groups in total. The molecule has 1 aliphatic heterocycles. The largest absolute Gasteiger partial charge is 0.296 e. The van der Waals surface area contributed by atoms with E-state index < -0.39 is 0 Å². The van der Waals surface area contributed by atoms with E-state index in [1.807, 2.05) is 0 Å². The van der Waals surface area contributed by atoms with Crippen molar-refractivity contribution >= 4 is 0 Å². The smallest absolute Gasteiger partial charge is 0.0158 e. The van der Waals surface area contributed by atoms with E-state index in [1.54, 1.807) is 0 Å². The molecule has 1 heteroatoms. The summed E-state index contributed by atoms with van der Waals surface area (Å²) in [7, 11) is 2.28. The molecule has 0 spiro atoms. The quantitative estimate of drug-likeness (QED) is 0.652. The predicted octanol–water partition coefficient (Wildman–Crippen LogP) is 3.69. The monoisotopic (exact) mass is 197 g/mol. The van der Waals surface area contributed by atoms with Crippen LogP contribution in [0.1, 0.15) is 60.3 Å². The molecule has 1 nitrogen and oxygen atoms in total. The van der Waals surface area contributed by atoms with E-state index in [0.717, 1.165) is 5.92 Å². The van der Waals surface area contributed by atoms with Crippen molar-refractivity contribution in [1.29, 1.82) is 0 Å². The van der Waals surface area contributed by atoms with Crippen molar-refractivity contribution in [2.45, 2.75) is 71.4 Å². The van der Waals surface area contributed by atoms with Gasteiger partial charge in [-0.25, -0.2) is 0 Å². The van der Waals surface area contributed by atoms with Gasteiger partial charge in [0.1, 0.15) is 0 Å². The van der Waals surface area contributed by atoms with Crippen molar-refractivity contribution in [2.75, 3.05) is 7.05 Å². The normalized spacial score (nSPS) is 27.9. The van der Waals surface area contributed by atoms with Crippen LogP contribution in [0.2, 0.25) is 0 Å². The van der Waals surface area contributed by atoms with Crippen molar-refractivity contribution < 1.29 is 0 Å². The van der Waals surface area contributed by atoms with Gasteiger partial charge in [0, 0.05) is 11.1 Å². The molecular weight excluding hydrogens is 170 g/mol. The zero-order chi connectivity index (χ0) is 11.0. The first kappa shape index (κ1) is 12.0. The van der Waals surface area contributed by atoms with Crippen LogP contribution >= 0.6 is 0 Å². The Kier molecular flexibility index (Phi) is 3.30. The van der Waals surface area contributed by atoms with Gasteiger partial charge in [-0.3, -0.25) is 4.90 Å². The van der Waals surface area contributed by atoms with Crippen LogP contribution in [0.15, 0.2) is 0 Å². The van der Waals surface area contributed by atoms with Gasteiger partial charge in [-0.05, 0) is 53.5 Å². The number of hydrogen-bond donors (Lipinski definition) is 0. The molecule has 0 atom stereocenters. The van der Waals surface area contributed by atoms with E-state index in [9.17, 15) is 0 Å². The molecule has 0 radical (unpaired) electrons. The Hall–Kier alpha value is -0.0400. The van der Waals surface area contributed by atoms with Crippen molar-refractivity contribution in [1.82, 2.24) is 4.90 Å². The highest BCUT2D eigenvalue weighted by Crippen LogP contribution is 2.41. The minimum absolute atomic E-state index is 0.377. The van der Waals surface area contributed by atoms with Crippen molar-refractivity contribution in [2.24, 2.45) is 5.92 Å². The van der Waals surface area contributed by atoms with E-state index in [0.29, 0.717) is 11.1 Å². The predicted molar refractivity (Wildman–Crippen MR) is 63.6 cm³/mol. The second kappa shape index (κ2) is 3.84. The van der Waals surface area contributed by atoms with E-state index >= 15 is 0 Å². The fourth-order valence-corrected chi connectivity index (χ4v) is 3.19. The molecule has 0 aromatic rings. The van der Waals surface area contributed by atoms with Crippen LogP contribution < -0.4 is 0 Å². The zero-order valence-electron chi connectivity index (χ0n) is 10.9. The van der Waals surface area contributed by atoms with Crippen molar-refractivity contribution in [3.05, 3.63) is 0 Å². The van der Waals surface area contributed by atoms with Crippen LogP contribution in [0.4, 0.5) is 0 Å². The molecule has 84 valence electrons. The van der Waals surface area contributed by atoms with Gasteiger partial charge in [-0.1, -0.05) is 19.8 Å². The summed E-state index contributed by atoms with van der Waals surface area (Å²) in [6.45, 7) is 11.8. The molecule has 1 heterocycles. The fraction of sp³-hybridized carbons (Fsp3) is 1.00. The highest BCUT2D eigenvalue weighted by molar-refractivity contribution is 4.97. The number of hydrogen-bond acceptors (Lipinski definition) is 1.